The maximum atomic E-state index is 12.6. The van der Waals surface area contributed by atoms with E-state index in [1.165, 1.54) is 17.7 Å². The van der Waals surface area contributed by atoms with Crippen molar-refractivity contribution in [1.82, 2.24) is 14.3 Å². The van der Waals surface area contributed by atoms with Crippen LogP contribution >= 0.6 is 15.9 Å². The Labute approximate surface area is 195 Å². The van der Waals surface area contributed by atoms with Crippen molar-refractivity contribution in [3.05, 3.63) is 93.5 Å². The number of hydrogen-bond donors (Lipinski definition) is 1. The number of carbonyl (C=O) groups excluding carboxylic acids is 1. The van der Waals surface area contributed by atoms with Crippen LogP contribution in [0.1, 0.15) is 33.0 Å². The zero-order valence-corrected chi connectivity index (χ0v) is 20.3. The Morgan fingerprint density at radius 3 is 2.38 bits per heavy atom. The molecule has 0 fully saturated rings. The van der Waals surface area contributed by atoms with E-state index in [1.54, 1.807) is 25.3 Å². The van der Waals surface area contributed by atoms with Crippen molar-refractivity contribution in [2.24, 2.45) is 0 Å². The van der Waals surface area contributed by atoms with Gasteiger partial charge in [0, 0.05) is 17.2 Å². The van der Waals surface area contributed by atoms with Crippen molar-refractivity contribution < 1.29 is 13.2 Å². The van der Waals surface area contributed by atoms with Crippen LogP contribution in [-0.4, -0.2) is 23.9 Å². The Kier molecular flexibility index (Phi) is 5.92. The van der Waals surface area contributed by atoms with Crippen LogP contribution in [0.3, 0.4) is 0 Å². The second kappa shape index (κ2) is 8.52. The van der Waals surface area contributed by atoms with Gasteiger partial charge in [-0.15, -0.1) is 0 Å². The highest BCUT2D eigenvalue weighted by atomic mass is 79.9. The van der Waals surface area contributed by atoms with Crippen molar-refractivity contribution in [3.8, 4) is 0 Å². The van der Waals surface area contributed by atoms with E-state index in [9.17, 15) is 13.2 Å². The summed E-state index contributed by atoms with van der Waals surface area (Å²) < 4.78 is 30.0. The number of sulfonamides is 1. The van der Waals surface area contributed by atoms with Gasteiger partial charge in [-0.05, 0) is 65.2 Å². The third-order valence-corrected chi connectivity index (χ3v) is 7.58. The number of nitrogens with zero attached hydrogens (tertiary/aromatic N) is 2. The van der Waals surface area contributed by atoms with E-state index in [4.69, 9.17) is 0 Å². The summed E-state index contributed by atoms with van der Waals surface area (Å²) in [4.78, 5) is 16.9. The maximum Gasteiger partial charge on any atom is 0.285 e. The highest BCUT2D eigenvalue weighted by Crippen LogP contribution is 2.29. The lowest BCUT2D eigenvalue weighted by atomic mass is 10.0. The van der Waals surface area contributed by atoms with Crippen LogP contribution in [0.2, 0.25) is 0 Å². The van der Waals surface area contributed by atoms with E-state index in [-0.39, 0.29) is 10.6 Å². The molecule has 4 aromatic rings. The van der Waals surface area contributed by atoms with Gasteiger partial charge in [-0.25, -0.2) is 18.1 Å². The molecule has 8 heteroatoms. The lowest BCUT2D eigenvalue weighted by Gasteiger charge is -2.11. The first-order chi connectivity index (χ1) is 15.1. The van der Waals surface area contributed by atoms with Gasteiger partial charge in [0.1, 0.15) is 11.5 Å². The van der Waals surface area contributed by atoms with E-state index in [0.29, 0.717) is 12.4 Å². The quantitative estimate of drug-likeness (QED) is 0.413. The Bertz CT molecular complexity index is 1440. The standard InChI is InChI=1S/C24H22BrN3O3S/c1-15-5-10-20(11-6-15)32(30,31)27-24(29)22-14-28(17(3)26-22)13-19-9-8-18-7-4-16(2)12-21(18)23(19)25/h4-12,14H,13H2,1-3H3,(H,27,29). The summed E-state index contributed by atoms with van der Waals surface area (Å²) >= 11 is 3.71. The van der Waals surface area contributed by atoms with Gasteiger partial charge in [-0.2, -0.15) is 0 Å². The van der Waals surface area contributed by atoms with Crippen LogP contribution in [0, 0.1) is 20.8 Å². The second-order valence-electron chi connectivity index (χ2n) is 7.81. The molecule has 0 saturated heterocycles. The smallest absolute Gasteiger partial charge is 0.285 e. The fraction of sp³-hybridized carbons (Fsp3) is 0.167. The van der Waals surface area contributed by atoms with Gasteiger partial charge in [0.05, 0.1) is 4.90 Å². The normalized spacial score (nSPS) is 11.6. The molecule has 0 atom stereocenters. The van der Waals surface area contributed by atoms with E-state index < -0.39 is 15.9 Å². The van der Waals surface area contributed by atoms with E-state index >= 15 is 0 Å². The molecule has 0 spiro atoms. The van der Waals surface area contributed by atoms with Gasteiger partial charge >= 0.3 is 0 Å². The average Bonchev–Trinajstić information content (AvgIpc) is 3.11. The first-order valence-electron chi connectivity index (χ1n) is 9.99. The summed E-state index contributed by atoms with van der Waals surface area (Å²) in [5.41, 5.74) is 3.18. The zero-order valence-electron chi connectivity index (χ0n) is 17.9. The molecule has 1 N–H and O–H groups in total. The number of aryl methyl sites for hydroxylation is 3. The first-order valence-corrected chi connectivity index (χ1v) is 12.3. The molecule has 0 aliphatic heterocycles. The molecule has 32 heavy (non-hydrogen) atoms. The molecule has 0 bridgehead atoms. The Hall–Kier alpha value is -2.97. The van der Waals surface area contributed by atoms with Gasteiger partial charge < -0.3 is 4.57 Å². The molecule has 1 amide bonds. The molecule has 0 aliphatic rings. The molecular formula is C24H22BrN3O3S. The van der Waals surface area contributed by atoms with Crippen LogP contribution in [-0.2, 0) is 16.6 Å². The van der Waals surface area contributed by atoms with Gasteiger partial charge in [0.2, 0.25) is 0 Å². The van der Waals surface area contributed by atoms with Gasteiger partial charge in [-0.3, -0.25) is 4.79 Å². The SMILES string of the molecule is Cc1ccc(S(=O)(=O)NC(=O)c2cn(Cc3ccc4ccc(C)cc4c3Br)c(C)n2)cc1. The monoisotopic (exact) mass is 511 g/mol. The molecule has 1 heterocycles. The first kappa shape index (κ1) is 22.2. The Balaban J connectivity index is 1.58. The maximum absolute atomic E-state index is 12.6. The van der Waals surface area contributed by atoms with E-state index in [2.05, 4.69) is 49.9 Å². The average molecular weight is 512 g/mol. The minimum atomic E-state index is -3.98. The number of hydrogen-bond acceptors (Lipinski definition) is 4. The number of benzene rings is 3. The second-order valence-corrected chi connectivity index (χ2v) is 10.3. The fourth-order valence-electron chi connectivity index (χ4n) is 3.48. The van der Waals surface area contributed by atoms with Crippen molar-refractivity contribution in [3.63, 3.8) is 0 Å². The summed E-state index contributed by atoms with van der Waals surface area (Å²) in [6.45, 7) is 6.18. The minimum absolute atomic E-state index is 0.0305. The Morgan fingerprint density at radius 1 is 1.00 bits per heavy atom. The van der Waals surface area contributed by atoms with Crippen LogP contribution in [0.25, 0.3) is 10.8 Å². The van der Waals surface area contributed by atoms with E-state index in [0.717, 1.165) is 26.4 Å². The molecular weight excluding hydrogens is 490 g/mol. The number of halogens is 1. The number of imidazole rings is 1. The number of aromatic nitrogens is 2. The third-order valence-electron chi connectivity index (χ3n) is 5.30. The van der Waals surface area contributed by atoms with Crippen LogP contribution in [0.5, 0.6) is 0 Å². The van der Waals surface area contributed by atoms with Crippen molar-refractivity contribution in [2.75, 3.05) is 0 Å². The molecule has 0 unspecified atom stereocenters. The number of nitrogens with one attached hydrogen (secondary N) is 1. The summed E-state index contributed by atoms with van der Waals surface area (Å²) in [7, 11) is -3.98. The largest absolute Gasteiger partial charge is 0.330 e. The van der Waals surface area contributed by atoms with E-state index in [1.807, 2.05) is 24.5 Å². The van der Waals surface area contributed by atoms with Crippen molar-refractivity contribution in [2.45, 2.75) is 32.2 Å². The summed E-state index contributed by atoms with van der Waals surface area (Å²) in [5.74, 6) is -0.153. The van der Waals surface area contributed by atoms with Crippen LogP contribution < -0.4 is 4.72 Å². The van der Waals surface area contributed by atoms with Crippen LogP contribution in [0.4, 0.5) is 0 Å². The molecule has 4 rings (SSSR count). The molecule has 0 aliphatic carbocycles. The fourth-order valence-corrected chi connectivity index (χ4v) is 5.04. The number of fused-ring (bicyclic) bond motifs is 1. The third kappa shape index (κ3) is 4.47. The predicted octanol–water partition coefficient (Wildman–Crippen LogP) is 4.89. The predicted molar refractivity (Wildman–Crippen MR) is 128 cm³/mol. The molecule has 164 valence electrons. The summed E-state index contributed by atoms with van der Waals surface area (Å²) in [5, 5.41) is 2.25. The van der Waals surface area contributed by atoms with Crippen molar-refractivity contribution >= 4 is 42.6 Å². The lowest BCUT2D eigenvalue weighted by molar-refractivity contribution is 0.0977. The topological polar surface area (TPSA) is 81.1 Å². The number of rotatable bonds is 5. The Morgan fingerprint density at radius 2 is 1.66 bits per heavy atom. The molecule has 1 aromatic heterocycles. The number of amides is 1. The van der Waals surface area contributed by atoms with Crippen molar-refractivity contribution in [1.29, 1.82) is 0 Å². The molecule has 0 radical (unpaired) electrons. The zero-order chi connectivity index (χ0) is 23.0. The molecule has 0 saturated carbocycles. The molecule has 3 aromatic carbocycles. The highest BCUT2D eigenvalue weighted by Gasteiger charge is 2.21. The van der Waals surface area contributed by atoms with Crippen LogP contribution in [0.15, 0.2) is 70.2 Å². The van der Waals surface area contributed by atoms with Gasteiger partial charge in [0.15, 0.2) is 0 Å². The molecule has 6 nitrogen and oxygen atoms in total. The summed E-state index contributed by atoms with van der Waals surface area (Å²) in [6, 6.07) is 16.7. The van der Waals surface area contributed by atoms with Gasteiger partial charge in [-0.1, -0.05) is 53.6 Å². The lowest BCUT2D eigenvalue weighted by Crippen LogP contribution is -2.30. The minimum Gasteiger partial charge on any atom is -0.330 e. The highest BCUT2D eigenvalue weighted by molar-refractivity contribution is 9.10. The summed E-state index contributed by atoms with van der Waals surface area (Å²) in [6.07, 6.45) is 1.57. The number of carbonyl (C=O) groups is 1. The van der Waals surface area contributed by atoms with Gasteiger partial charge in [0.25, 0.3) is 15.9 Å².